The molecule has 1 aliphatic rings. The van der Waals surface area contributed by atoms with Gasteiger partial charge in [0, 0.05) is 11.4 Å². The van der Waals surface area contributed by atoms with E-state index in [9.17, 15) is 0 Å². The van der Waals surface area contributed by atoms with Crippen LogP contribution in [0.3, 0.4) is 0 Å². The largest absolute Gasteiger partial charge is 0.303 e. The van der Waals surface area contributed by atoms with Gasteiger partial charge in [-0.2, -0.15) is 0 Å². The Morgan fingerprint density at radius 2 is 1.88 bits per heavy atom. The summed E-state index contributed by atoms with van der Waals surface area (Å²) in [4.78, 5) is 4.87. The van der Waals surface area contributed by atoms with Crippen LogP contribution in [0.4, 0.5) is 0 Å². The number of hydrogen-bond donors (Lipinski definition) is 1. The van der Waals surface area contributed by atoms with Gasteiger partial charge in [-0.1, -0.05) is 26.7 Å². The van der Waals surface area contributed by atoms with Crippen LogP contribution in [0.15, 0.2) is 5.38 Å². The van der Waals surface area contributed by atoms with Crippen LogP contribution in [0.2, 0.25) is 0 Å². The molecule has 3 heteroatoms. The number of thiazole rings is 1. The van der Waals surface area contributed by atoms with Gasteiger partial charge in [0.15, 0.2) is 0 Å². The third kappa shape index (κ3) is 2.71. The molecule has 1 aromatic rings. The van der Waals surface area contributed by atoms with Gasteiger partial charge in [0.25, 0.3) is 0 Å². The summed E-state index contributed by atoms with van der Waals surface area (Å²) < 4.78 is 0. The van der Waals surface area contributed by atoms with Crippen molar-refractivity contribution >= 4 is 11.3 Å². The Labute approximate surface area is 109 Å². The summed E-state index contributed by atoms with van der Waals surface area (Å²) >= 11 is 1.84. The summed E-state index contributed by atoms with van der Waals surface area (Å²) in [6.45, 7) is 8.90. The highest BCUT2D eigenvalue weighted by Crippen LogP contribution is 2.41. The average molecular weight is 252 g/mol. The molecule has 96 valence electrons. The van der Waals surface area contributed by atoms with Crippen molar-refractivity contribution < 1.29 is 0 Å². The number of nitrogens with zero attached hydrogens (tertiary/aromatic N) is 1. The molecule has 2 nitrogen and oxygen atoms in total. The lowest BCUT2D eigenvalue weighted by Crippen LogP contribution is -2.43. The minimum absolute atomic E-state index is 0.173. The fourth-order valence-corrected chi connectivity index (χ4v) is 3.93. The van der Waals surface area contributed by atoms with Gasteiger partial charge >= 0.3 is 0 Å². The van der Waals surface area contributed by atoms with E-state index in [1.54, 1.807) is 0 Å². The molecule has 0 aliphatic heterocycles. The first-order chi connectivity index (χ1) is 8.03. The number of rotatable bonds is 4. The summed E-state index contributed by atoms with van der Waals surface area (Å²) in [5.74, 6) is 0.539. The van der Waals surface area contributed by atoms with Gasteiger partial charge in [-0.3, -0.25) is 0 Å². The summed E-state index contributed by atoms with van der Waals surface area (Å²) in [6.07, 6.45) is 5.15. The van der Waals surface area contributed by atoms with E-state index in [-0.39, 0.29) is 5.54 Å². The van der Waals surface area contributed by atoms with Crippen molar-refractivity contribution in [1.29, 1.82) is 0 Å². The Balaban J connectivity index is 2.25. The molecular weight excluding hydrogens is 228 g/mol. The zero-order chi connectivity index (χ0) is 12.5. The Bertz CT molecular complexity index is 362. The topological polar surface area (TPSA) is 24.9 Å². The third-order valence-electron chi connectivity index (χ3n) is 3.54. The van der Waals surface area contributed by atoms with Crippen LogP contribution in [0, 0.1) is 0 Å². The van der Waals surface area contributed by atoms with E-state index in [2.05, 4.69) is 38.4 Å². The lowest BCUT2D eigenvalue weighted by molar-refractivity contribution is 0.310. The van der Waals surface area contributed by atoms with Gasteiger partial charge in [-0.05, 0) is 32.6 Å². The van der Waals surface area contributed by atoms with Crippen LogP contribution < -0.4 is 5.32 Å². The molecule has 0 radical (unpaired) electrons. The SMILES string of the molecule is CC(C)NC1(c2nc(C(C)C)cs2)CCCC1. The second kappa shape index (κ2) is 5.07. The van der Waals surface area contributed by atoms with Crippen LogP contribution in [-0.2, 0) is 5.54 Å². The maximum atomic E-state index is 4.87. The molecule has 2 rings (SSSR count). The molecule has 1 saturated carbocycles. The first kappa shape index (κ1) is 13.0. The van der Waals surface area contributed by atoms with Gasteiger partial charge in [-0.15, -0.1) is 11.3 Å². The van der Waals surface area contributed by atoms with Gasteiger partial charge in [0.1, 0.15) is 5.01 Å². The van der Waals surface area contributed by atoms with Gasteiger partial charge in [-0.25, -0.2) is 4.98 Å². The van der Waals surface area contributed by atoms with E-state index in [1.165, 1.54) is 36.4 Å². The molecule has 1 fully saturated rings. The maximum Gasteiger partial charge on any atom is 0.113 e. The summed E-state index contributed by atoms with van der Waals surface area (Å²) in [5, 5.41) is 7.32. The summed E-state index contributed by atoms with van der Waals surface area (Å²) in [7, 11) is 0. The molecule has 17 heavy (non-hydrogen) atoms. The molecule has 0 saturated heterocycles. The second-order valence-corrected chi connectivity index (χ2v) is 6.68. The number of nitrogens with one attached hydrogen (secondary N) is 1. The number of aromatic nitrogens is 1. The monoisotopic (exact) mass is 252 g/mol. The van der Waals surface area contributed by atoms with Crippen LogP contribution in [0.25, 0.3) is 0 Å². The standard InChI is InChI=1S/C14H24N2S/c1-10(2)12-9-17-13(15-12)14(16-11(3)4)7-5-6-8-14/h9-11,16H,5-8H2,1-4H3. The maximum absolute atomic E-state index is 4.87. The molecule has 1 N–H and O–H groups in total. The highest BCUT2D eigenvalue weighted by molar-refractivity contribution is 7.09. The quantitative estimate of drug-likeness (QED) is 0.875. The van der Waals surface area contributed by atoms with Crippen molar-refractivity contribution in [3.8, 4) is 0 Å². The lowest BCUT2D eigenvalue weighted by Gasteiger charge is -2.30. The van der Waals surface area contributed by atoms with Gasteiger partial charge < -0.3 is 5.32 Å². The molecular formula is C14H24N2S. The summed E-state index contributed by atoms with van der Waals surface area (Å²) in [5.41, 5.74) is 1.42. The fourth-order valence-electron chi connectivity index (χ4n) is 2.72. The average Bonchev–Trinajstić information content (AvgIpc) is 2.83. The van der Waals surface area contributed by atoms with Crippen molar-refractivity contribution in [1.82, 2.24) is 10.3 Å². The molecule has 0 aromatic carbocycles. The molecule has 1 heterocycles. The van der Waals surface area contributed by atoms with Crippen molar-refractivity contribution in [3.05, 3.63) is 16.1 Å². The van der Waals surface area contributed by atoms with Crippen LogP contribution in [0.5, 0.6) is 0 Å². The number of hydrogen-bond acceptors (Lipinski definition) is 3. The predicted molar refractivity (Wildman–Crippen MR) is 74.6 cm³/mol. The van der Waals surface area contributed by atoms with Crippen molar-refractivity contribution in [2.75, 3.05) is 0 Å². The predicted octanol–water partition coefficient (Wildman–Crippen LogP) is 4.03. The van der Waals surface area contributed by atoms with Crippen LogP contribution in [0.1, 0.15) is 70.0 Å². The Kier molecular flexibility index (Phi) is 3.88. The first-order valence-corrected chi connectivity index (χ1v) is 7.65. The highest BCUT2D eigenvalue weighted by Gasteiger charge is 2.38. The fraction of sp³-hybridized carbons (Fsp3) is 0.786. The van der Waals surface area contributed by atoms with Crippen LogP contribution >= 0.6 is 11.3 Å². The minimum atomic E-state index is 0.173. The van der Waals surface area contributed by atoms with E-state index in [0.29, 0.717) is 12.0 Å². The van der Waals surface area contributed by atoms with Crippen molar-refractivity contribution in [2.24, 2.45) is 0 Å². The molecule has 1 aliphatic carbocycles. The van der Waals surface area contributed by atoms with Gasteiger partial charge in [0.05, 0.1) is 11.2 Å². The van der Waals surface area contributed by atoms with E-state index < -0.39 is 0 Å². The normalized spacial score (nSPS) is 19.4. The van der Waals surface area contributed by atoms with E-state index >= 15 is 0 Å². The Morgan fingerprint density at radius 1 is 1.24 bits per heavy atom. The van der Waals surface area contributed by atoms with E-state index in [0.717, 1.165) is 0 Å². The smallest absolute Gasteiger partial charge is 0.113 e. The second-order valence-electron chi connectivity index (χ2n) is 5.82. The zero-order valence-electron chi connectivity index (χ0n) is 11.4. The highest BCUT2D eigenvalue weighted by atomic mass is 32.1. The first-order valence-electron chi connectivity index (χ1n) is 6.77. The molecule has 1 aromatic heterocycles. The lowest BCUT2D eigenvalue weighted by atomic mass is 9.97. The third-order valence-corrected chi connectivity index (χ3v) is 4.61. The van der Waals surface area contributed by atoms with E-state index in [1.807, 2.05) is 11.3 Å². The summed E-state index contributed by atoms with van der Waals surface area (Å²) in [6, 6.07) is 0.527. The molecule has 0 amide bonds. The minimum Gasteiger partial charge on any atom is -0.303 e. The van der Waals surface area contributed by atoms with Crippen molar-refractivity contribution in [2.45, 2.75) is 70.9 Å². The molecule has 0 bridgehead atoms. The molecule has 0 spiro atoms. The molecule has 0 atom stereocenters. The van der Waals surface area contributed by atoms with Crippen molar-refractivity contribution in [3.63, 3.8) is 0 Å². The Hall–Kier alpha value is -0.410. The van der Waals surface area contributed by atoms with Gasteiger partial charge in [0.2, 0.25) is 0 Å². The van der Waals surface area contributed by atoms with Crippen LogP contribution in [-0.4, -0.2) is 11.0 Å². The Morgan fingerprint density at radius 3 is 2.35 bits per heavy atom. The molecule has 0 unspecified atom stereocenters. The zero-order valence-corrected chi connectivity index (χ0v) is 12.2. The van der Waals surface area contributed by atoms with E-state index in [4.69, 9.17) is 4.98 Å².